The van der Waals surface area contributed by atoms with E-state index in [9.17, 15) is 18.0 Å². The number of halogens is 2. The van der Waals surface area contributed by atoms with Crippen LogP contribution in [0.15, 0.2) is 42.5 Å². The second kappa shape index (κ2) is 13.3. The SMILES string of the molecule is Cc1cccc(N(CCCC(=O)N(Cc2c(Cl)cccc2Cl)C(C)C(=O)NCC(C)C)S(C)(=O)=O)c1. The maximum atomic E-state index is 13.4. The van der Waals surface area contributed by atoms with Crippen molar-refractivity contribution in [2.75, 3.05) is 23.7 Å². The number of benzene rings is 2. The highest BCUT2D eigenvalue weighted by atomic mass is 35.5. The molecule has 1 unspecified atom stereocenters. The molecule has 1 N–H and O–H groups in total. The molecule has 2 rings (SSSR count). The van der Waals surface area contributed by atoms with Crippen LogP contribution in [-0.4, -0.2) is 50.5 Å². The van der Waals surface area contributed by atoms with Gasteiger partial charge in [-0.15, -0.1) is 0 Å². The quantitative estimate of drug-likeness (QED) is 0.397. The largest absolute Gasteiger partial charge is 0.354 e. The number of anilines is 1. The van der Waals surface area contributed by atoms with Gasteiger partial charge in [0, 0.05) is 41.7 Å². The topological polar surface area (TPSA) is 86.8 Å². The van der Waals surface area contributed by atoms with E-state index in [1.165, 1.54) is 9.21 Å². The Bertz CT molecular complexity index is 1150. The molecule has 7 nitrogen and oxygen atoms in total. The van der Waals surface area contributed by atoms with Gasteiger partial charge in [-0.3, -0.25) is 13.9 Å². The van der Waals surface area contributed by atoms with E-state index in [1.54, 1.807) is 43.3 Å². The summed E-state index contributed by atoms with van der Waals surface area (Å²) in [5.74, 6) is -0.319. The Hall–Kier alpha value is -2.29. The molecule has 0 aliphatic carbocycles. The number of amides is 2. The van der Waals surface area contributed by atoms with Crippen LogP contribution in [0.1, 0.15) is 44.7 Å². The molecule has 198 valence electrons. The first-order chi connectivity index (χ1) is 16.8. The Balaban J connectivity index is 2.22. The predicted octanol–water partition coefficient (Wildman–Crippen LogP) is 5.04. The Kier molecular flexibility index (Phi) is 11.1. The van der Waals surface area contributed by atoms with Crippen LogP contribution in [0, 0.1) is 12.8 Å². The van der Waals surface area contributed by atoms with Gasteiger partial charge in [-0.1, -0.05) is 55.2 Å². The average Bonchev–Trinajstić information content (AvgIpc) is 2.78. The van der Waals surface area contributed by atoms with Crippen molar-refractivity contribution in [3.05, 3.63) is 63.6 Å². The Labute approximate surface area is 224 Å². The van der Waals surface area contributed by atoms with Gasteiger partial charge in [-0.05, 0) is 56.0 Å². The molecule has 0 saturated carbocycles. The lowest BCUT2D eigenvalue weighted by atomic mass is 10.1. The van der Waals surface area contributed by atoms with Crippen LogP contribution >= 0.6 is 23.2 Å². The van der Waals surface area contributed by atoms with E-state index in [1.807, 2.05) is 26.8 Å². The molecule has 0 aromatic heterocycles. The summed E-state index contributed by atoms with van der Waals surface area (Å²) in [5, 5.41) is 3.67. The van der Waals surface area contributed by atoms with Crippen molar-refractivity contribution in [3.63, 3.8) is 0 Å². The first kappa shape index (κ1) is 29.9. The van der Waals surface area contributed by atoms with E-state index >= 15 is 0 Å². The zero-order chi connectivity index (χ0) is 27.0. The molecule has 0 aliphatic rings. The minimum Gasteiger partial charge on any atom is -0.354 e. The standard InChI is InChI=1S/C26H35Cl2N3O4S/c1-18(2)16-29-26(33)20(4)30(17-22-23(27)11-7-12-24(22)28)25(32)13-8-14-31(36(5,34)35)21-10-6-9-19(3)15-21/h6-7,9-12,15,18,20H,8,13-14,16-17H2,1-5H3,(H,29,33). The van der Waals surface area contributed by atoms with Crippen LogP contribution in [0.4, 0.5) is 5.69 Å². The third kappa shape index (κ3) is 8.68. The minimum atomic E-state index is -3.55. The second-order valence-electron chi connectivity index (χ2n) is 9.31. The number of sulfonamides is 1. The molecular formula is C26H35Cl2N3O4S. The minimum absolute atomic E-state index is 0.0434. The molecule has 2 aromatic carbocycles. The zero-order valence-corrected chi connectivity index (χ0v) is 23.8. The Morgan fingerprint density at radius 1 is 1.03 bits per heavy atom. The molecular weight excluding hydrogens is 521 g/mol. The molecule has 0 fully saturated rings. The van der Waals surface area contributed by atoms with Crippen molar-refractivity contribution in [2.45, 2.75) is 53.1 Å². The maximum Gasteiger partial charge on any atom is 0.242 e. The molecule has 0 saturated heterocycles. The highest BCUT2D eigenvalue weighted by molar-refractivity contribution is 7.92. The van der Waals surface area contributed by atoms with E-state index in [-0.39, 0.29) is 43.7 Å². The number of carbonyl (C=O) groups excluding carboxylic acids is 2. The van der Waals surface area contributed by atoms with Gasteiger partial charge in [0.2, 0.25) is 21.8 Å². The average molecular weight is 557 g/mol. The summed E-state index contributed by atoms with van der Waals surface area (Å²) in [6.07, 6.45) is 1.46. The summed E-state index contributed by atoms with van der Waals surface area (Å²) < 4.78 is 26.2. The van der Waals surface area contributed by atoms with Crippen LogP contribution in [0.25, 0.3) is 0 Å². The van der Waals surface area contributed by atoms with Crippen LogP contribution in [0.5, 0.6) is 0 Å². The van der Waals surface area contributed by atoms with Crippen LogP contribution in [0.2, 0.25) is 10.0 Å². The highest BCUT2D eigenvalue weighted by Gasteiger charge is 2.28. The van der Waals surface area contributed by atoms with Crippen molar-refractivity contribution >= 4 is 50.7 Å². The molecule has 0 bridgehead atoms. The molecule has 0 spiro atoms. The van der Waals surface area contributed by atoms with E-state index < -0.39 is 16.1 Å². The highest BCUT2D eigenvalue weighted by Crippen LogP contribution is 2.27. The molecule has 2 amide bonds. The lowest BCUT2D eigenvalue weighted by molar-refractivity contribution is -0.140. The zero-order valence-electron chi connectivity index (χ0n) is 21.4. The van der Waals surface area contributed by atoms with Gasteiger partial charge in [0.05, 0.1) is 11.9 Å². The van der Waals surface area contributed by atoms with E-state index in [2.05, 4.69) is 5.32 Å². The summed E-state index contributed by atoms with van der Waals surface area (Å²) in [6, 6.07) is 11.5. The molecule has 0 heterocycles. The Morgan fingerprint density at radius 2 is 1.64 bits per heavy atom. The van der Waals surface area contributed by atoms with Gasteiger partial charge >= 0.3 is 0 Å². The smallest absolute Gasteiger partial charge is 0.242 e. The first-order valence-electron chi connectivity index (χ1n) is 11.9. The van der Waals surface area contributed by atoms with Crippen molar-refractivity contribution in [3.8, 4) is 0 Å². The van der Waals surface area contributed by atoms with Crippen molar-refractivity contribution in [2.24, 2.45) is 5.92 Å². The van der Waals surface area contributed by atoms with Crippen LogP contribution < -0.4 is 9.62 Å². The number of carbonyl (C=O) groups is 2. The molecule has 0 radical (unpaired) electrons. The van der Waals surface area contributed by atoms with Gasteiger partial charge in [0.15, 0.2) is 0 Å². The summed E-state index contributed by atoms with van der Waals surface area (Å²) >= 11 is 12.7. The van der Waals surface area contributed by atoms with Gasteiger partial charge in [-0.25, -0.2) is 8.42 Å². The van der Waals surface area contributed by atoms with Gasteiger partial charge < -0.3 is 10.2 Å². The molecule has 36 heavy (non-hydrogen) atoms. The Morgan fingerprint density at radius 3 is 2.19 bits per heavy atom. The fourth-order valence-corrected chi connectivity index (χ4v) is 5.15. The van der Waals surface area contributed by atoms with Gasteiger partial charge in [-0.2, -0.15) is 0 Å². The van der Waals surface area contributed by atoms with Crippen LogP contribution in [-0.2, 0) is 26.2 Å². The number of hydrogen-bond acceptors (Lipinski definition) is 4. The third-order valence-electron chi connectivity index (χ3n) is 5.68. The third-order valence-corrected chi connectivity index (χ3v) is 7.59. The molecule has 0 aliphatic heterocycles. The number of rotatable bonds is 12. The maximum absolute atomic E-state index is 13.4. The fourth-order valence-electron chi connectivity index (χ4n) is 3.68. The second-order valence-corrected chi connectivity index (χ2v) is 12.0. The summed E-state index contributed by atoms with van der Waals surface area (Å²) in [4.78, 5) is 27.6. The summed E-state index contributed by atoms with van der Waals surface area (Å²) in [5.41, 5.74) is 2.03. The van der Waals surface area contributed by atoms with Gasteiger partial charge in [0.1, 0.15) is 6.04 Å². The summed E-state index contributed by atoms with van der Waals surface area (Å²) in [7, 11) is -3.55. The van der Waals surface area contributed by atoms with Gasteiger partial charge in [0.25, 0.3) is 0 Å². The van der Waals surface area contributed by atoms with E-state index in [0.717, 1.165) is 11.8 Å². The normalized spacial score (nSPS) is 12.3. The number of nitrogens with zero attached hydrogens (tertiary/aromatic N) is 2. The molecule has 10 heteroatoms. The summed E-state index contributed by atoms with van der Waals surface area (Å²) in [6.45, 7) is 8.19. The monoisotopic (exact) mass is 555 g/mol. The lowest BCUT2D eigenvalue weighted by Gasteiger charge is -2.30. The van der Waals surface area contributed by atoms with Crippen LogP contribution in [0.3, 0.4) is 0 Å². The van der Waals surface area contributed by atoms with E-state index in [0.29, 0.717) is 27.8 Å². The molecule has 2 aromatic rings. The van der Waals surface area contributed by atoms with Crippen molar-refractivity contribution < 1.29 is 18.0 Å². The van der Waals surface area contributed by atoms with Crippen molar-refractivity contribution in [1.29, 1.82) is 0 Å². The molecule has 1 atom stereocenters. The number of nitrogens with one attached hydrogen (secondary N) is 1. The first-order valence-corrected chi connectivity index (χ1v) is 14.5. The predicted molar refractivity (Wildman–Crippen MR) is 147 cm³/mol. The van der Waals surface area contributed by atoms with Crippen molar-refractivity contribution in [1.82, 2.24) is 10.2 Å². The number of aryl methyl sites for hydroxylation is 1. The fraction of sp³-hybridized carbons (Fsp3) is 0.462. The van der Waals surface area contributed by atoms with E-state index in [4.69, 9.17) is 23.2 Å². The lowest BCUT2D eigenvalue weighted by Crippen LogP contribution is -2.48. The number of hydrogen-bond donors (Lipinski definition) is 1.